The molecule has 1 nitrogen and oxygen atoms in total. The summed E-state index contributed by atoms with van der Waals surface area (Å²) in [6.45, 7) is 6.04. The third kappa shape index (κ3) is 2.28. The third-order valence-electron chi connectivity index (χ3n) is 1.98. The summed E-state index contributed by atoms with van der Waals surface area (Å²) in [5.41, 5.74) is 2.33. The highest BCUT2D eigenvalue weighted by Crippen LogP contribution is 2.22. The van der Waals surface area contributed by atoms with E-state index in [0.717, 1.165) is 12.0 Å². The van der Waals surface area contributed by atoms with E-state index >= 15 is 0 Å². The van der Waals surface area contributed by atoms with Crippen LogP contribution in [0.2, 0.25) is 0 Å². The quantitative estimate of drug-likeness (QED) is 0.534. The molecule has 1 aromatic carbocycles. The van der Waals surface area contributed by atoms with Crippen molar-refractivity contribution in [3.8, 4) is 0 Å². The van der Waals surface area contributed by atoms with E-state index in [1.807, 2.05) is 31.2 Å². The maximum atomic E-state index is 9.11. The highest BCUT2D eigenvalue weighted by Gasteiger charge is 2.03. The lowest BCUT2D eigenvalue weighted by atomic mass is 9.96. The van der Waals surface area contributed by atoms with Crippen LogP contribution in [0.3, 0.4) is 0 Å². The minimum absolute atomic E-state index is 0.205. The fourth-order valence-electron chi connectivity index (χ4n) is 1.37. The van der Waals surface area contributed by atoms with Gasteiger partial charge >= 0.3 is 0 Å². The van der Waals surface area contributed by atoms with Crippen molar-refractivity contribution in [1.29, 1.82) is 0 Å². The average molecular weight is 163 g/mol. The Balaban J connectivity index is 2.63. The molecule has 1 atom stereocenters. The molecule has 0 aliphatic rings. The zero-order valence-corrected chi connectivity index (χ0v) is 7.46. The molecule has 0 heterocycles. The summed E-state index contributed by atoms with van der Waals surface area (Å²) >= 11 is 0. The van der Waals surface area contributed by atoms with Crippen molar-refractivity contribution in [2.24, 2.45) is 0 Å². The lowest BCUT2D eigenvalue weighted by molar-refractivity contribution is 0.264. The van der Waals surface area contributed by atoms with Crippen LogP contribution in [0.1, 0.15) is 24.8 Å². The van der Waals surface area contributed by atoms with Crippen molar-refractivity contribution in [1.82, 2.24) is 0 Å². The van der Waals surface area contributed by atoms with E-state index in [1.165, 1.54) is 5.56 Å². The van der Waals surface area contributed by atoms with Gasteiger partial charge in [0, 0.05) is 6.61 Å². The van der Waals surface area contributed by atoms with Crippen LogP contribution in [0.25, 0.3) is 0 Å². The van der Waals surface area contributed by atoms with Gasteiger partial charge < -0.3 is 5.11 Å². The van der Waals surface area contributed by atoms with Crippen LogP contribution in [0.4, 0.5) is 0 Å². The van der Waals surface area contributed by atoms with Crippen LogP contribution in [0.5, 0.6) is 0 Å². The Morgan fingerprint density at radius 2 is 2.50 bits per heavy atom. The van der Waals surface area contributed by atoms with Gasteiger partial charge in [-0.2, -0.15) is 23.8 Å². The van der Waals surface area contributed by atoms with Gasteiger partial charge in [-0.3, -0.25) is 0 Å². The first kappa shape index (κ1) is 9.14. The van der Waals surface area contributed by atoms with E-state index in [-0.39, 0.29) is 12.5 Å². The Kier molecular flexibility index (Phi) is 3.18. The van der Waals surface area contributed by atoms with Crippen LogP contribution in [0.15, 0.2) is 36.4 Å². The predicted molar refractivity (Wildman–Crippen MR) is 51.3 cm³/mol. The summed E-state index contributed by atoms with van der Waals surface area (Å²) in [5.74, 6) is 0.234. The SMILES string of the molecule is C=C(C)C[C@@H](CO)c1cc[cH-]c1. The third-order valence-corrected chi connectivity index (χ3v) is 1.98. The van der Waals surface area contributed by atoms with Crippen molar-refractivity contribution in [3.63, 3.8) is 0 Å². The van der Waals surface area contributed by atoms with Gasteiger partial charge in [0.05, 0.1) is 0 Å². The summed E-state index contributed by atoms with van der Waals surface area (Å²) in [7, 11) is 0. The van der Waals surface area contributed by atoms with Crippen LogP contribution >= 0.6 is 0 Å². The zero-order chi connectivity index (χ0) is 8.97. The lowest BCUT2D eigenvalue weighted by Gasteiger charge is -2.17. The molecule has 0 saturated carbocycles. The van der Waals surface area contributed by atoms with Gasteiger partial charge in [-0.15, -0.1) is 6.58 Å². The van der Waals surface area contributed by atoms with Crippen molar-refractivity contribution in [2.75, 3.05) is 6.61 Å². The van der Waals surface area contributed by atoms with Gasteiger partial charge in [-0.25, -0.2) is 6.07 Å². The Morgan fingerprint density at radius 1 is 1.75 bits per heavy atom. The summed E-state index contributed by atoms with van der Waals surface area (Å²) < 4.78 is 0. The van der Waals surface area contributed by atoms with Crippen LogP contribution in [0, 0.1) is 0 Å². The number of hydrogen-bond donors (Lipinski definition) is 1. The van der Waals surface area contributed by atoms with Crippen molar-refractivity contribution < 1.29 is 5.11 Å². The van der Waals surface area contributed by atoms with Gasteiger partial charge in [0.25, 0.3) is 0 Å². The Bertz CT molecular complexity index is 234. The standard InChI is InChI=1S/C11H15O/c1-9(2)7-11(8-12)10-5-3-4-6-10/h3-6,11-12H,1,7-8H2,2H3/q-1/t11-/m0/s1. The van der Waals surface area contributed by atoms with E-state index in [9.17, 15) is 0 Å². The molecule has 1 rings (SSSR count). The molecule has 0 unspecified atom stereocenters. The normalized spacial score (nSPS) is 12.8. The molecular weight excluding hydrogens is 148 g/mol. The van der Waals surface area contributed by atoms with Crippen LogP contribution in [-0.4, -0.2) is 11.7 Å². The molecule has 0 fully saturated rings. The largest absolute Gasteiger partial charge is 0.397 e. The Morgan fingerprint density at radius 3 is 2.92 bits per heavy atom. The average Bonchev–Trinajstić information content (AvgIpc) is 2.51. The van der Waals surface area contributed by atoms with Crippen molar-refractivity contribution in [3.05, 3.63) is 42.0 Å². The summed E-state index contributed by atoms with van der Waals surface area (Å²) in [6.07, 6.45) is 0.876. The van der Waals surface area contributed by atoms with Crippen molar-refractivity contribution >= 4 is 0 Å². The minimum Gasteiger partial charge on any atom is -0.397 e. The zero-order valence-electron chi connectivity index (χ0n) is 7.46. The van der Waals surface area contributed by atoms with Gasteiger partial charge in [-0.05, 0) is 19.3 Å². The molecule has 0 aliphatic carbocycles. The number of aliphatic hydroxyl groups is 1. The van der Waals surface area contributed by atoms with Gasteiger partial charge in [0.15, 0.2) is 0 Å². The highest BCUT2D eigenvalue weighted by atomic mass is 16.3. The Labute approximate surface area is 73.7 Å². The number of allylic oxidation sites excluding steroid dienone is 1. The molecule has 0 spiro atoms. The molecule has 1 heteroatoms. The number of rotatable bonds is 4. The second kappa shape index (κ2) is 4.17. The number of aliphatic hydroxyl groups excluding tert-OH is 1. The second-order valence-corrected chi connectivity index (χ2v) is 3.26. The molecule has 66 valence electrons. The van der Waals surface area contributed by atoms with E-state index in [0.29, 0.717) is 0 Å². The molecule has 0 saturated heterocycles. The van der Waals surface area contributed by atoms with E-state index in [4.69, 9.17) is 5.11 Å². The van der Waals surface area contributed by atoms with Gasteiger partial charge in [-0.1, -0.05) is 5.57 Å². The fourth-order valence-corrected chi connectivity index (χ4v) is 1.37. The summed E-state index contributed by atoms with van der Waals surface area (Å²) in [5, 5.41) is 9.11. The van der Waals surface area contributed by atoms with Crippen LogP contribution in [-0.2, 0) is 0 Å². The molecule has 0 bridgehead atoms. The summed E-state index contributed by atoms with van der Waals surface area (Å²) in [4.78, 5) is 0. The van der Waals surface area contributed by atoms with E-state index in [2.05, 4.69) is 6.58 Å². The topological polar surface area (TPSA) is 20.2 Å². The van der Waals surface area contributed by atoms with E-state index in [1.54, 1.807) is 0 Å². The van der Waals surface area contributed by atoms with Gasteiger partial charge in [0.1, 0.15) is 0 Å². The molecule has 0 amide bonds. The first-order chi connectivity index (χ1) is 5.74. The molecular formula is C11H15O-. The molecule has 0 radical (unpaired) electrons. The van der Waals surface area contributed by atoms with Crippen LogP contribution < -0.4 is 0 Å². The number of hydrogen-bond acceptors (Lipinski definition) is 1. The predicted octanol–water partition coefficient (Wildman–Crippen LogP) is 2.45. The molecule has 1 N–H and O–H groups in total. The maximum Gasteiger partial charge on any atom is 0.0388 e. The van der Waals surface area contributed by atoms with Gasteiger partial charge in [0.2, 0.25) is 0 Å². The molecule has 12 heavy (non-hydrogen) atoms. The van der Waals surface area contributed by atoms with Crippen molar-refractivity contribution in [2.45, 2.75) is 19.3 Å². The maximum absolute atomic E-state index is 9.11. The Hall–Kier alpha value is -0.950. The second-order valence-electron chi connectivity index (χ2n) is 3.26. The first-order valence-electron chi connectivity index (χ1n) is 4.21. The molecule has 0 aliphatic heterocycles. The molecule has 0 aromatic heterocycles. The minimum atomic E-state index is 0.205. The molecule has 1 aromatic rings. The lowest BCUT2D eigenvalue weighted by Crippen LogP contribution is -2.02. The van der Waals surface area contributed by atoms with E-state index < -0.39 is 0 Å². The summed E-state index contributed by atoms with van der Waals surface area (Å²) in [6, 6.07) is 8.08. The first-order valence-corrected chi connectivity index (χ1v) is 4.21. The monoisotopic (exact) mass is 163 g/mol. The smallest absolute Gasteiger partial charge is 0.0388 e. The fraction of sp³-hybridized carbons (Fsp3) is 0.364. The highest BCUT2D eigenvalue weighted by molar-refractivity contribution is 5.22.